The van der Waals surface area contributed by atoms with Gasteiger partial charge in [-0.25, -0.2) is 0 Å². The highest BCUT2D eigenvalue weighted by Crippen LogP contribution is 2.18. The van der Waals surface area contributed by atoms with Crippen molar-refractivity contribution in [2.75, 3.05) is 33.4 Å². The molecule has 1 atom stereocenters. The third-order valence-corrected chi connectivity index (χ3v) is 5.55. The van der Waals surface area contributed by atoms with Crippen molar-refractivity contribution in [3.8, 4) is 5.75 Å². The summed E-state index contributed by atoms with van der Waals surface area (Å²) in [5, 5.41) is 0. The van der Waals surface area contributed by atoms with Gasteiger partial charge in [0.2, 0.25) is 5.91 Å². The zero-order valence-electron chi connectivity index (χ0n) is 16.4. The zero-order chi connectivity index (χ0) is 20.1. The molecule has 1 aliphatic rings. The van der Waals surface area contributed by atoms with Gasteiger partial charge in [-0.05, 0) is 31.5 Å². The Labute approximate surface area is 168 Å². The molecule has 28 heavy (non-hydrogen) atoms. The Morgan fingerprint density at radius 3 is 2.75 bits per heavy atom. The van der Waals surface area contributed by atoms with Crippen LogP contribution in [0.1, 0.15) is 34.6 Å². The maximum absolute atomic E-state index is 13.0. The van der Waals surface area contributed by atoms with E-state index >= 15 is 0 Å². The van der Waals surface area contributed by atoms with Crippen LogP contribution in [0.2, 0.25) is 0 Å². The molecule has 0 unspecified atom stereocenters. The summed E-state index contributed by atoms with van der Waals surface area (Å²) in [6.45, 7) is 6.21. The molecule has 0 aliphatic carbocycles. The average Bonchev–Trinajstić information content (AvgIpc) is 3.08. The summed E-state index contributed by atoms with van der Waals surface area (Å²) in [7, 11) is 1.56. The van der Waals surface area contributed by atoms with Crippen molar-refractivity contribution in [1.82, 2.24) is 9.47 Å². The predicted molar refractivity (Wildman–Crippen MR) is 107 cm³/mol. The van der Waals surface area contributed by atoms with Crippen LogP contribution >= 0.6 is 11.3 Å². The second-order valence-electron chi connectivity index (χ2n) is 6.54. The van der Waals surface area contributed by atoms with Gasteiger partial charge in [-0.15, -0.1) is 11.3 Å². The SMILES string of the molecule is CC[C@H](C(=O)N1CCOCC1)n1cc(C)sc1=NC(=O)c1cccc(OC)c1. The first-order chi connectivity index (χ1) is 13.5. The highest BCUT2D eigenvalue weighted by atomic mass is 32.1. The van der Waals surface area contributed by atoms with Crippen LogP contribution in [0.5, 0.6) is 5.75 Å². The molecular formula is C20H25N3O4S. The second kappa shape index (κ2) is 9.16. The van der Waals surface area contributed by atoms with Crippen molar-refractivity contribution in [3.05, 3.63) is 45.7 Å². The van der Waals surface area contributed by atoms with Crippen LogP contribution in [0.3, 0.4) is 0 Å². The molecule has 1 saturated heterocycles. The van der Waals surface area contributed by atoms with Gasteiger partial charge in [-0.2, -0.15) is 4.99 Å². The van der Waals surface area contributed by atoms with Gasteiger partial charge in [-0.1, -0.05) is 13.0 Å². The van der Waals surface area contributed by atoms with E-state index in [9.17, 15) is 9.59 Å². The van der Waals surface area contributed by atoms with Gasteiger partial charge in [0.15, 0.2) is 4.80 Å². The van der Waals surface area contributed by atoms with E-state index in [-0.39, 0.29) is 17.9 Å². The molecule has 0 spiro atoms. The zero-order valence-corrected chi connectivity index (χ0v) is 17.2. The number of thiazole rings is 1. The van der Waals surface area contributed by atoms with Crippen molar-refractivity contribution in [1.29, 1.82) is 0 Å². The van der Waals surface area contributed by atoms with Crippen LogP contribution in [0.25, 0.3) is 0 Å². The molecule has 1 aromatic carbocycles. The van der Waals surface area contributed by atoms with Crippen molar-refractivity contribution in [2.24, 2.45) is 4.99 Å². The van der Waals surface area contributed by atoms with Crippen molar-refractivity contribution in [3.63, 3.8) is 0 Å². The van der Waals surface area contributed by atoms with E-state index < -0.39 is 0 Å². The Hall–Kier alpha value is -2.45. The largest absolute Gasteiger partial charge is 0.497 e. The molecule has 3 rings (SSSR count). The van der Waals surface area contributed by atoms with E-state index in [4.69, 9.17) is 9.47 Å². The van der Waals surface area contributed by atoms with E-state index in [1.807, 2.05) is 29.5 Å². The number of hydrogen-bond donors (Lipinski definition) is 0. The Morgan fingerprint density at radius 2 is 2.07 bits per heavy atom. The Morgan fingerprint density at radius 1 is 1.32 bits per heavy atom. The fraction of sp³-hybridized carbons (Fsp3) is 0.450. The molecule has 1 fully saturated rings. The monoisotopic (exact) mass is 403 g/mol. The standard InChI is InChI=1S/C20H25N3O4S/c1-4-17(19(25)22-8-10-27-11-9-22)23-13-14(2)28-20(23)21-18(24)15-6-5-7-16(12-15)26-3/h5-7,12-13,17H,4,8-11H2,1-3H3/t17-/m1/s1. The van der Waals surface area contributed by atoms with E-state index in [1.165, 1.54) is 11.3 Å². The smallest absolute Gasteiger partial charge is 0.279 e. The number of aromatic nitrogens is 1. The van der Waals surface area contributed by atoms with Gasteiger partial charge in [0, 0.05) is 29.7 Å². The second-order valence-corrected chi connectivity index (χ2v) is 7.76. The molecule has 2 aromatic rings. The van der Waals surface area contributed by atoms with Crippen LogP contribution in [0, 0.1) is 6.92 Å². The minimum atomic E-state index is -0.389. The van der Waals surface area contributed by atoms with Crippen molar-refractivity contribution < 1.29 is 19.1 Å². The summed E-state index contributed by atoms with van der Waals surface area (Å²) in [4.78, 5) is 33.4. The molecule has 0 radical (unpaired) electrons. The van der Waals surface area contributed by atoms with Crippen LogP contribution < -0.4 is 9.54 Å². The number of methoxy groups -OCH3 is 1. The molecule has 7 nitrogen and oxygen atoms in total. The minimum absolute atomic E-state index is 0.0406. The molecule has 0 saturated carbocycles. The quantitative estimate of drug-likeness (QED) is 0.769. The maximum Gasteiger partial charge on any atom is 0.279 e. The lowest BCUT2D eigenvalue weighted by Crippen LogP contribution is -2.45. The van der Waals surface area contributed by atoms with Crippen LogP contribution in [0.15, 0.2) is 35.5 Å². The van der Waals surface area contributed by atoms with E-state index in [1.54, 1.807) is 31.4 Å². The van der Waals surface area contributed by atoms with E-state index in [0.717, 1.165) is 4.88 Å². The van der Waals surface area contributed by atoms with Crippen LogP contribution in [-0.4, -0.2) is 54.7 Å². The molecule has 0 N–H and O–H groups in total. The van der Waals surface area contributed by atoms with Gasteiger partial charge in [0.25, 0.3) is 5.91 Å². The molecule has 2 heterocycles. The highest BCUT2D eigenvalue weighted by molar-refractivity contribution is 7.09. The van der Waals surface area contributed by atoms with Gasteiger partial charge in [0.05, 0.1) is 20.3 Å². The summed E-state index contributed by atoms with van der Waals surface area (Å²) in [6, 6.07) is 6.51. The lowest BCUT2D eigenvalue weighted by Gasteiger charge is -2.30. The van der Waals surface area contributed by atoms with Crippen molar-refractivity contribution in [2.45, 2.75) is 26.3 Å². The van der Waals surface area contributed by atoms with Gasteiger partial charge in [-0.3, -0.25) is 9.59 Å². The lowest BCUT2D eigenvalue weighted by atomic mass is 10.2. The number of morpholine rings is 1. The average molecular weight is 404 g/mol. The number of carbonyl (C=O) groups excluding carboxylic acids is 2. The van der Waals surface area contributed by atoms with Gasteiger partial charge >= 0.3 is 0 Å². The number of carbonyl (C=O) groups is 2. The number of benzene rings is 1. The topological polar surface area (TPSA) is 73.1 Å². The minimum Gasteiger partial charge on any atom is -0.497 e. The molecule has 2 amide bonds. The summed E-state index contributed by atoms with van der Waals surface area (Å²) in [5.74, 6) is 0.285. The highest BCUT2D eigenvalue weighted by Gasteiger charge is 2.27. The normalized spacial score (nSPS) is 16.1. The van der Waals surface area contributed by atoms with E-state index in [2.05, 4.69) is 4.99 Å². The third-order valence-electron chi connectivity index (χ3n) is 4.64. The first kappa shape index (κ1) is 20.3. The molecule has 1 aromatic heterocycles. The predicted octanol–water partition coefficient (Wildman–Crippen LogP) is 2.42. The van der Waals surface area contributed by atoms with E-state index in [0.29, 0.717) is 48.8 Å². The number of amides is 2. The Bertz CT molecular complexity index is 912. The number of aryl methyl sites for hydroxylation is 1. The first-order valence-corrected chi connectivity index (χ1v) is 10.1. The number of nitrogens with zero attached hydrogens (tertiary/aromatic N) is 3. The van der Waals surface area contributed by atoms with Crippen molar-refractivity contribution >= 4 is 23.2 Å². The molecular weight excluding hydrogens is 378 g/mol. The number of hydrogen-bond acceptors (Lipinski definition) is 5. The first-order valence-electron chi connectivity index (χ1n) is 9.31. The number of rotatable bonds is 5. The summed E-state index contributed by atoms with van der Waals surface area (Å²) < 4.78 is 12.4. The lowest BCUT2D eigenvalue weighted by molar-refractivity contribution is -0.139. The van der Waals surface area contributed by atoms with Gasteiger partial charge in [0.1, 0.15) is 11.8 Å². The molecule has 1 aliphatic heterocycles. The number of ether oxygens (including phenoxy) is 2. The third kappa shape index (κ3) is 4.51. The molecule has 0 bridgehead atoms. The molecule has 150 valence electrons. The van der Waals surface area contributed by atoms with Crippen LogP contribution in [-0.2, 0) is 9.53 Å². The van der Waals surface area contributed by atoms with Gasteiger partial charge < -0.3 is 18.9 Å². The summed E-state index contributed by atoms with van der Waals surface area (Å²) in [5.41, 5.74) is 0.449. The summed E-state index contributed by atoms with van der Waals surface area (Å²) in [6.07, 6.45) is 2.52. The fourth-order valence-electron chi connectivity index (χ4n) is 3.17. The maximum atomic E-state index is 13.0. The van der Waals surface area contributed by atoms with Crippen LogP contribution in [0.4, 0.5) is 0 Å². The Balaban J connectivity index is 1.93. The fourth-order valence-corrected chi connectivity index (χ4v) is 4.04. The Kier molecular flexibility index (Phi) is 6.64. The molecule has 8 heteroatoms. The summed E-state index contributed by atoms with van der Waals surface area (Å²) >= 11 is 1.40.